The van der Waals surface area contributed by atoms with Crippen LogP contribution in [0.1, 0.15) is 37.8 Å². The summed E-state index contributed by atoms with van der Waals surface area (Å²) in [7, 11) is 0. The van der Waals surface area contributed by atoms with Crippen molar-refractivity contribution in [3.05, 3.63) is 30.0 Å². The Hall–Kier alpha value is -1.35. The van der Waals surface area contributed by atoms with E-state index in [0.29, 0.717) is 0 Å². The zero-order valence-corrected chi connectivity index (χ0v) is 9.37. The van der Waals surface area contributed by atoms with Crippen LogP contribution in [-0.2, 0) is 5.54 Å². The van der Waals surface area contributed by atoms with E-state index >= 15 is 0 Å². The summed E-state index contributed by atoms with van der Waals surface area (Å²) < 4.78 is 0. The first-order chi connectivity index (χ1) is 7.80. The highest BCUT2D eigenvalue weighted by Crippen LogP contribution is 2.36. The first-order valence-corrected chi connectivity index (χ1v) is 6.02. The van der Waals surface area contributed by atoms with Crippen LogP contribution in [0.15, 0.2) is 24.3 Å². The molecule has 1 aromatic heterocycles. The molecule has 1 aromatic carbocycles. The Morgan fingerprint density at radius 1 is 1.12 bits per heavy atom. The summed E-state index contributed by atoms with van der Waals surface area (Å²) >= 11 is 0. The molecule has 0 aliphatic heterocycles. The zero-order chi connectivity index (χ0) is 11.0. The van der Waals surface area contributed by atoms with Crippen LogP contribution in [0.5, 0.6) is 0 Å². The first-order valence-electron chi connectivity index (χ1n) is 6.02. The normalized spacial score (nSPS) is 20.1. The summed E-state index contributed by atoms with van der Waals surface area (Å²) in [5, 5.41) is 8.67. The lowest BCUT2D eigenvalue weighted by atomic mass is 9.79. The lowest BCUT2D eigenvalue weighted by Crippen LogP contribution is -2.39. The van der Waals surface area contributed by atoms with E-state index in [1.807, 2.05) is 18.2 Å². The Bertz CT molecular complexity index is 495. The SMILES string of the molecule is NC1(c2[nH]nc3ccccc23)CCCCC1. The Kier molecular flexibility index (Phi) is 2.21. The van der Waals surface area contributed by atoms with Crippen LogP contribution in [0.2, 0.25) is 0 Å². The lowest BCUT2D eigenvalue weighted by Gasteiger charge is -2.32. The van der Waals surface area contributed by atoms with Gasteiger partial charge in [0.25, 0.3) is 0 Å². The zero-order valence-electron chi connectivity index (χ0n) is 9.37. The molecule has 3 rings (SSSR count). The van der Waals surface area contributed by atoms with Crippen molar-refractivity contribution < 1.29 is 0 Å². The lowest BCUT2D eigenvalue weighted by molar-refractivity contribution is 0.297. The topological polar surface area (TPSA) is 54.7 Å². The summed E-state index contributed by atoms with van der Waals surface area (Å²) in [6.45, 7) is 0. The molecule has 16 heavy (non-hydrogen) atoms. The van der Waals surface area contributed by atoms with Crippen LogP contribution in [0.25, 0.3) is 10.9 Å². The van der Waals surface area contributed by atoms with E-state index in [1.165, 1.54) is 24.6 Å². The number of nitrogens with two attached hydrogens (primary N) is 1. The minimum Gasteiger partial charge on any atom is -0.320 e. The smallest absolute Gasteiger partial charge is 0.0924 e. The third kappa shape index (κ3) is 1.43. The molecule has 1 heterocycles. The Labute approximate surface area is 95.0 Å². The van der Waals surface area contributed by atoms with Crippen LogP contribution >= 0.6 is 0 Å². The number of nitrogens with zero attached hydrogens (tertiary/aromatic N) is 1. The second-order valence-electron chi connectivity index (χ2n) is 4.83. The van der Waals surface area contributed by atoms with Gasteiger partial charge in [-0.2, -0.15) is 5.10 Å². The molecule has 1 fully saturated rings. The van der Waals surface area contributed by atoms with E-state index in [2.05, 4.69) is 16.3 Å². The monoisotopic (exact) mass is 215 g/mol. The highest BCUT2D eigenvalue weighted by atomic mass is 15.1. The molecule has 3 nitrogen and oxygen atoms in total. The molecule has 0 radical (unpaired) electrons. The second-order valence-corrected chi connectivity index (χ2v) is 4.83. The van der Waals surface area contributed by atoms with Crippen molar-refractivity contribution in [3.63, 3.8) is 0 Å². The molecule has 0 bridgehead atoms. The molecule has 3 N–H and O–H groups in total. The number of aromatic nitrogens is 2. The van der Waals surface area contributed by atoms with Gasteiger partial charge in [0, 0.05) is 5.39 Å². The van der Waals surface area contributed by atoms with Crippen LogP contribution in [-0.4, -0.2) is 10.2 Å². The molecular formula is C13H17N3. The van der Waals surface area contributed by atoms with Gasteiger partial charge in [-0.3, -0.25) is 5.10 Å². The Balaban J connectivity index is 2.11. The summed E-state index contributed by atoms with van der Waals surface area (Å²) in [5.41, 5.74) is 8.48. The molecule has 0 amide bonds. The highest BCUT2D eigenvalue weighted by molar-refractivity contribution is 5.82. The molecule has 0 atom stereocenters. The largest absolute Gasteiger partial charge is 0.320 e. The number of para-hydroxylation sites is 1. The maximum absolute atomic E-state index is 6.52. The minimum absolute atomic E-state index is 0.186. The fraction of sp³-hybridized carbons (Fsp3) is 0.462. The van der Waals surface area contributed by atoms with Gasteiger partial charge >= 0.3 is 0 Å². The minimum atomic E-state index is -0.186. The number of nitrogens with one attached hydrogen (secondary N) is 1. The summed E-state index contributed by atoms with van der Waals surface area (Å²) in [6.07, 6.45) is 5.90. The summed E-state index contributed by atoms with van der Waals surface area (Å²) in [6, 6.07) is 8.20. The summed E-state index contributed by atoms with van der Waals surface area (Å²) in [4.78, 5) is 0. The first kappa shape index (κ1) is 9.85. The van der Waals surface area contributed by atoms with Crippen molar-refractivity contribution in [3.8, 4) is 0 Å². The number of aromatic amines is 1. The molecule has 84 valence electrons. The van der Waals surface area contributed by atoms with E-state index in [-0.39, 0.29) is 5.54 Å². The maximum Gasteiger partial charge on any atom is 0.0924 e. The quantitative estimate of drug-likeness (QED) is 0.768. The predicted octanol–water partition coefficient (Wildman–Crippen LogP) is 2.68. The molecule has 3 heteroatoms. The van der Waals surface area contributed by atoms with Crippen molar-refractivity contribution in [2.45, 2.75) is 37.6 Å². The number of hydrogen-bond acceptors (Lipinski definition) is 2. The predicted molar refractivity (Wildman–Crippen MR) is 65.0 cm³/mol. The number of fused-ring (bicyclic) bond motifs is 1. The fourth-order valence-corrected chi connectivity index (χ4v) is 2.77. The standard InChI is InChI=1S/C13H17N3/c14-13(8-4-1-5-9-13)12-10-6-2-3-7-11(10)15-16-12/h2-3,6-7H,1,4-5,8-9,14H2,(H,15,16). The van der Waals surface area contributed by atoms with Crippen LogP contribution in [0.4, 0.5) is 0 Å². The van der Waals surface area contributed by atoms with Crippen molar-refractivity contribution in [2.75, 3.05) is 0 Å². The van der Waals surface area contributed by atoms with E-state index in [0.717, 1.165) is 24.1 Å². The van der Waals surface area contributed by atoms with Gasteiger partial charge in [-0.15, -0.1) is 0 Å². The molecule has 0 spiro atoms. The van der Waals surface area contributed by atoms with Gasteiger partial charge < -0.3 is 5.73 Å². The van der Waals surface area contributed by atoms with E-state index < -0.39 is 0 Å². The van der Waals surface area contributed by atoms with Gasteiger partial charge in [-0.1, -0.05) is 37.5 Å². The van der Waals surface area contributed by atoms with Gasteiger partial charge in [0.2, 0.25) is 0 Å². The number of benzene rings is 1. The van der Waals surface area contributed by atoms with Gasteiger partial charge in [-0.05, 0) is 18.9 Å². The molecule has 1 aliphatic carbocycles. The average molecular weight is 215 g/mol. The Morgan fingerprint density at radius 2 is 1.88 bits per heavy atom. The molecule has 0 unspecified atom stereocenters. The van der Waals surface area contributed by atoms with E-state index in [1.54, 1.807) is 0 Å². The van der Waals surface area contributed by atoms with Crippen molar-refractivity contribution >= 4 is 10.9 Å². The number of H-pyrrole nitrogens is 1. The maximum atomic E-state index is 6.52. The molecule has 0 saturated heterocycles. The molecule has 2 aromatic rings. The molecule has 1 aliphatic rings. The van der Waals surface area contributed by atoms with Crippen molar-refractivity contribution in [1.82, 2.24) is 10.2 Å². The molecule has 1 saturated carbocycles. The van der Waals surface area contributed by atoms with Crippen molar-refractivity contribution in [2.24, 2.45) is 5.73 Å². The number of hydrogen-bond donors (Lipinski definition) is 2. The summed E-state index contributed by atoms with van der Waals surface area (Å²) in [5.74, 6) is 0. The van der Waals surface area contributed by atoms with Crippen LogP contribution < -0.4 is 5.73 Å². The van der Waals surface area contributed by atoms with Gasteiger partial charge in [0.05, 0.1) is 16.7 Å². The van der Waals surface area contributed by atoms with Gasteiger partial charge in [-0.25, -0.2) is 0 Å². The van der Waals surface area contributed by atoms with Gasteiger partial charge in [0.15, 0.2) is 0 Å². The molecular weight excluding hydrogens is 198 g/mol. The van der Waals surface area contributed by atoms with E-state index in [9.17, 15) is 0 Å². The number of rotatable bonds is 1. The average Bonchev–Trinajstić information content (AvgIpc) is 2.74. The van der Waals surface area contributed by atoms with Crippen LogP contribution in [0, 0.1) is 0 Å². The van der Waals surface area contributed by atoms with E-state index in [4.69, 9.17) is 5.73 Å². The third-order valence-electron chi connectivity index (χ3n) is 3.71. The van der Waals surface area contributed by atoms with Crippen LogP contribution in [0.3, 0.4) is 0 Å². The van der Waals surface area contributed by atoms with Crippen molar-refractivity contribution in [1.29, 1.82) is 0 Å². The third-order valence-corrected chi connectivity index (χ3v) is 3.71. The Morgan fingerprint density at radius 3 is 2.69 bits per heavy atom. The second kappa shape index (κ2) is 3.59. The highest BCUT2D eigenvalue weighted by Gasteiger charge is 2.32. The fourth-order valence-electron chi connectivity index (χ4n) is 2.77. The van der Waals surface area contributed by atoms with Gasteiger partial charge in [0.1, 0.15) is 0 Å².